The summed E-state index contributed by atoms with van der Waals surface area (Å²) in [5.41, 5.74) is 7.73. The highest BCUT2D eigenvalue weighted by Gasteiger charge is 2.11. The second kappa shape index (κ2) is 5.65. The molecule has 1 heterocycles. The molecule has 94 valence electrons. The fourth-order valence-corrected chi connectivity index (χ4v) is 2.61. The summed E-state index contributed by atoms with van der Waals surface area (Å²) in [6, 6.07) is 3.62. The predicted octanol–water partition coefficient (Wildman–Crippen LogP) is 5.24. The molecule has 0 saturated carbocycles. The Balaban J connectivity index is 2.44. The molecule has 3 N–H and O–H groups in total. The molecule has 0 aliphatic heterocycles. The first kappa shape index (κ1) is 13.9. The molecule has 0 unspecified atom stereocenters. The zero-order valence-electron chi connectivity index (χ0n) is 8.85. The number of anilines is 3. The summed E-state index contributed by atoms with van der Waals surface area (Å²) in [5.74, 6) is 0. The van der Waals surface area contributed by atoms with Gasteiger partial charge in [0, 0.05) is 10.7 Å². The molecule has 0 bridgehead atoms. The number of halogens is 4. The predicted molar refractivity (Wildman–Crippen MR) is 83.8 cm³/mol. The van der Waals surface area contributed by atoms with Crippen LogP contribution in [0.1, 0.15) is 0 Å². The van der Waals surface area contributed by atoms with Crippen molar-refractivity contribution in [2.45, 2.75) is 0 Å². The van der Waals surface area contributed by atoms with E-state index in [1.807, 2.05) is 12.1 Å². The van der Waals surface area contributed by atoms with Crippen molar-refractivity contribution in [3.63, 3.8) is 0 Å². The van der Waals surface area contributed by atoms with Crippen LogP contribution in [-0.4, -0.2) is 4.98 Å². The van der Waals surface area contributed by atoms with Crippen LogP contribution in [0.3, 0.4) is 0 Å². The molecule has 0 amide bonds. The molecular formula is C11H7Br2Cl2N3. The lowest BCUT2D eigenvalue weighted by Gasteiger charge is -2.13. The standard InChI is InChI=1S/C11H7Br2Cl2N3/c12-5-1-2-8(10(15)9(5)14)18-11-6(13)3-17-4-7(11)16/h1-4H,16H2,(H,17,18). The SMILES string of the molecule is Nc1cncc(Br)c1Nc1ccc(Br)c(Cl)c1Cl. The lowest BCUT2D eigenvalue weighted by atomic mass is 10.3. The number of nitrogens with zero attached hydrogens (tertiary/aromatic N) is 1. The maximum Gasteiger partial charge on any atom is 0.0838 e. The third kappa shape index (κ3) is 2.74. The smallest absolute Gasteiger partial charge is 0.0838 e. The van der Waals surface area contributed by atoms with Crippen LogP contribution in [0, 0.1) is 0 Å². The van der Waals surface area contributed by atoms with Crippen molar-refractivity contribution in [2.24, 2.45) is 0 Å². The molecule has 0 fully saturated rings. The van der Waals surface area contributed by atoms with Gasteiger partial charge in [-0.3, -0.25) is 4.98 Å². The summed E-state index contributed by atoms with van der Waals surface area (Å²) in [6.07, 6.45) is 3.20. The lowest BCUT2D eigenvalue weighted by molar-refractivity contribution is 1.31. The molecule has 1 aromatic carbocycles. The Hall–Kier alpha value is -0.490. The number of hydrogen-bond acceptors (Lipinski definition) is 3. The van der Waals surface area contributed by atoms with Gasteiger partial charge in [-0.15, -0.1) is 0 Å². The molecule has 0 aliphatic rings. The number of nitrogen functional groups attached to an aromatic ring is 1. The van der Waals surface area contributed by atoms with Gasteiger partial charge < -0.3 is 11.1 Å². The summed E-state index contributed by atoms with van der Waals surface area (Å²) in [4.78, 5) is 3.96. The van der Waals surface area contributed by atoms with E-state index in [9.17, 15) is 0 Å². The topological polar surface area (TPSA) is 50.9 Å². The third-order valence-electron chi connectivity index (χ3n) is 2.22. The highest BCUT2D eigenvalue weighted by atomic mass is 79.9. The Bertz CT molecular complexity index is 585. The van der Waals surface area contributed by atoms with Gasteiger partial charge in [-0.05, 0) is 44.0 Å². The minimum Gasteiger partial charge on any atom is -0.396 e. The number of benzene rings is 1. The summed E-state index contributed by atoms with van der Waals surface area (Å²) in [6.45, 7) is 0. The quantitative estimate of drug-likeness (QED) is 0.664. The minimum absolute atomic E-state index is 0.425. The van der Waals surface area contributed by atoms with Crippen LogP contribution in [0.4, 0.5) is 17.1 Å². The van der Waals surface area contributed by atoms with Crippen molar-refractivity contribution >= 4 is 72.1 Å². The van der Waals surface area contributed by atoms with Crippen molar-refractivity contribution in [3.8, 4) is 0 Å². The van der Waals surface area contributed by atoms with Crippen molar-refractivity contribution in [2.75, 3.05) is 11.1 Å². The number of hydrogen-bond donors (Lipinski definition) is 2. The van der Waals surface area contributed by atoms with Crippen LogP contribution < -0.4 is 11.1 Å². The molecule has 7 heteroatoms. The lowest BCUT2D eigenvalue weighted by Crippen LogP contribution is -1.99. The first-order chi connectivity index (χ1) is 8.50. The van der Waals surface area contributed by atoms with Gasteiger partial charge >= 0.3 is 0 Å². The average molecular weight is 412 g/mol. The highest BCUT2D eigenvalue weighted by molar-refractivity contribution is 9.11. The van der Waals surface area contributed by atoms with Gasteiger partial charge in [-0.1, -0.05) is 23.2 Å². The molecule has 0 atom stereocenters. The van der Waals surface area contributed by atoms with Crippen molar-refractivity contribution in [1.82, 2.24) is 4.98 Å². The first-order valence-corrected chi connectivity index (χ1v) is 7.14. The van der Waals surface area contributed by atoms with Crippen LogP contribution in [0.15, 0.2) is 33.5 Å². The summed E-state index contributed by atoms with van der Waals surface area (Å²) >= 11 is 18.9. The Labute approximate surface area is 131 Å². The van der Waals surface area contributed by atoms with Gasteiger partial charge in [-0.25, -0.2) is 0 Å². The second-order valence-electron chi connectivity index (χ2n) is 3.43. The van der Waals surface area contributed by atoms with Crippen LogP contribution >= 0.6 is 55.1 Å². The van der Waals surface area contributed by atoms with Crippen molar-refractivity contribution in [3.05, 3.63) is 43.5 Å². The van der Waals surface area contributed by atoms with Gasteiger partial charge in [0.1, 0.15) is 0 Å². The number of aromatic nitrogens is 1. The van der Waals surface area contributed by atoms with Crippen molar-refractivity contribution in [1.29, 1.82) is 0 Å². The maximum atomic E-state index is 6.16. The number of rotatable bonds is 2. The molecular weight excluding hydrogens is 405 g/mol. The monoisotopic (exact) mass is 409 g/mol. The maximum absolute atomic E-state index is 6.16. The van der Waals surface area contributed by atoms with Gasteiger partial charge in [0.05, 0.1) is 37.8 Å². The van der Waals surface area contributed by atoms with E-state index in [0.29, 0.717) is 27.1 Å². The molecule has 2 rings (SSSR count). The van der Waals surface area contributed by atoms with Crippen molar-refractivity contribution < 1.29 is 0 Å². The van der Waals surface area contributed by atoms with Crippen LogP contribution in [0.25, 0.3) is 0 Å². The van der Waals surface area contributed by atoms with E-state index in [2.05, 4.69) is 42.2 Å². The number of nitrogens with two attached hydrogens (primary N) is 1. The van der Waals surface area contributed by atoms with Gasteiger partial charge in [0.2, 0.25) is 0 Å². The first-order valence-electron chi connectivity index (χ1n) is 4.80. The summed E-state index contributed by atoms with van der Waals surface area (Å²) < 4.78 is 1.49. The normalized spacial score (nSPS) is 10.4. The molecule has 2 aromatic rings. The molecule has 0 saturated heterocycles. The second-order valence-corrected chi connectivity index (χ2v) is 5.90. The van der Waals surface area contributed by atoms with E-state index in [4.69, 9.17) is 28.9 Å². The minimum atomic E-state index is 0.425. The van der Waals surface area contributed by atoms with Crippen LogP contribution in [0.2, 0.25) is 10.0 Å². The average Bonchev–Trinajstić information content (AvgIpc) is 2.34. The van der Waals surface area contributed by atoms with Gasteiger partial charge in [-0.2, -0.15) is 0 Å². The van der Waals surface area contributed by atoms with Gasteiger partial charge in [0.25, 0.3) is 0 Å². The number of nitrogens with one attached hydrogen (secondary N) is 1. The molecule has 0 spiro atoms. The van der Waals surface area contributed by atoms with E-state index in [1.54, 1.807) is 12.4 Å². The van der Waals surface area contributed by atoms with Gasteiger partial charge in [0.15, 0.2) is 0 Å². The molecule has 18 heavy (non-hydrogen) atoms. The Kier molecular flexibility index (Phi) is 4.37. The Morgan fingerprint density at radius 3 is 2.44 bits per heavy atom. The Morgan fingerprint density at radius 2 is 1.78 bits per heavy atom. The molecule has 3 nitrogen and oxygen atoms in total. The van der Waals surface area contributed by atoms with E-state index >= 15 is 0 Å². The Morgan fingerprint density at radius 1 is 1.06 bits per heavy atom. The van der Waals surface area contributed by atoms with Crippen LogP contribution in [0.5, 0.6) is 0 Å². The zero-order valence-corrected chi connectivity index (χ0v) is 13.5. The van der Waals surface area contributed by atoms with Crippen LogP contribution in [-0.2, 0) is 0 Å². The largest absolute Gasteiger partial charge is 0.396 e. The fraction of sp³-hybridized carbons (Fsp3) is 0. The molecule has 0 radical (unpaired) electrons. The number of pyridine rings is 1. The summed E-state index contributed by atoms with van der Waals surface area (Å²) in [7, 11) is 0. The zero-order chi connectivity index (χ0) is 13.3. The van der Waals surface area contributed by atoms with E-state index in [0.717, 1.165) is 8.95 Å². The molecule has 1 aromatic heterocycles. The fourth-order valence-electron chi connectivity index (χ4n) is 1.34. The van der Waals surface area contributed by atoms with E-state index in [-0.39, 0.29) is 0 Å². The third-order valence-corrected chi connectivity index (χ3v) is 4.60. The van der Waals surface area contributed by atoms with E-state index in [1.165, 1.54) is 0 Å². The molecule has 0 aliphatic carbocycles. The highest BCUT2D eigenvalue weighted by Crippen LogP contribution is 2.39. The van der Waals surface area contributed by atoms with E-state index < -0.39 is 0 Å². The summed E-state index contributed by atoms with van der Waals surface area (Å²) in [5, 5.41) is 4.00.